The van der Waals surface area contributed by atoms with Crippen molar-refractivity contribution in [2.24, 2.45) is 4.99 Å². The second kappa shape index (κ2) is 11.8. The third-order valence-corrected chi connectivity index (χ3v) is 4.83. The standard InChI is InChI=1S/C20H30N6O2.HI/c1-4-28-18-12-15(7-9-17(18)27-3)6-5-11-22-20(21-2)25-16-8-10-19-23-14-24-26(19)13-16;/h7,9,12,14,16H,4-6,8,10-11,13H2,1-3H3,(H2,21,22,25);1H. The zero-order valence-electron chi connectivity index (χ0n) is 17.4. The quantitative estimate of drug-likeness (QED) is 0.244. The lowest BCUT2D eigenvalue weighted by Gasteiger charge is -2.25. The maximum atomic E-state index is 5.65. The number of benzene rings is 1. The summed E-state index contributed by atoms with van der Waals surface area (Å²) in [5, 5.41) is 11.2. The molecule has 1 unspecified atom stereocenters. The SMILES string of the molecule is CCOc1cc(CCCNC(=NC)NC2CCc3ncnn3C2)ccc1OC.I. The van der Waals surface area contributed by atoms with Crippen LogP contribution in [0, 0.1) is 0 Å². The van der Waals surface area contributed by atoms with Crippen molar-refractivity contribution in [2.75, 3.05) is 27.3 Å². The number of aliphatic imine (C=N–C) groups is 1. The van der Waals surface area contributed by atoms with E-state index in [1.165, 1.54) is 5.56 Å². The Labute approximate surface area is 189 Å². The van der Waals surface area contributed by atoms with Crippen LogP contribution in [0.25, 0.3) is 0 Å². The Morgan fingerprint density at radius 2 is 2.21 bits per heavy atom. The highest BCUT2D eigenvalue weighted by Gasteiger charge is 2.20. The largest absolute Gasteiger partial charge is 0.493 e. The van der Waals surface area contributed by atoms with Gasteiger partial charge in [0.15, 0.2) is 17.5 Å². The molecule has 9 heteroatoms. The molecule has 2 heterocycles. The minimum atomic E-state index is 0. The van der Waals surface area contributed by atoms with Gasteiger partial charge >= 0.3 is 0 Å². The molecule has 0 saturated carbocycles. The number of fused-ring (bicyclic) bond motifs is 1. The predicted molar refractivity (Wildman–Crippen MR) is 125 cm³/mol. The number of rotatable bonds is 8. The van der Waals surface area contributed by atoms with Crippen LogP contribution in [-0.4, -0.2) is 54.1 Å². The molecule has 1 aromatic heterocycles. The zero-order valence-corrected chi connectivity index (χ0v) is 19.7. The summed E-state index contributed by atoms with van der Waals surface area (Å²) in [5.41, 5.74) is 1.24. The maximum absolute atomic E-state index is 5.65. The second-order valence-corrected chi connectivity index (χ2v) is 6.76. The molecule has 0 amide bonds. The van der Waals surface area contributed by atoms with Crippen molar-refractivity contribution < 1.29 is 9.47 Å². The van der Waals surface area contributed by atoms with Crippen molar-refractivity contribution in [3.8, 4) is 11.5 Å². The Balaban J connectivity index is 0.00000300. The first-order valence-electron chi connectivity index (χ1n) is 9.87. The van der Waals surface area contributed by atoms with Crippen LogP contribution in [0.3, 0.4) is 0 Å². The molecule has 160 valence electrons. The molecule has 0 aliphatic carbocycles. The van der Waals surface area contributed by atoms with Crippen molar-refractivity contribution in [3.05, 3.63) is 35.9 Å². The van der Waals surface area contributed by atoms with E-state index in [1.54, 1.807) is 20.5 Å². The molecule has 0 radical (unpaired) electrons. The van der Waals surface area contributed by atoms with Gasteiger partial charge in [-0.15, -0.1) is 24.0 Å². The van der Waals surface area contributed by atoms with Gasteiger partial charge in [-0.1, -0.05) is 6.07 Å². The molecule has 0 bridgehead atoms. The summed E-state index contributed by atoms with van der Waals surface area (Å²) in [6.45, 7) is 4.27. The fourth-order valence-corrected chi connectivity index (χ4v) is 3.39. The van der Waals surface area contributed by atoms with Crippen LogP contribution >= 0.6 is 24.0 Å². The van der Waals surface area contributed by atoms with E-state index in [0.717, 1.165) is 62.1 Å². The third-order valence-electron chi connectivity index (χ3n) is 4.83. The van der Waals surface area contributed by atoms with E-state index in [-0.39, 0.29) is 24.0 Å². The minimum absolute atomic E-state index is 0. The van der Waals surface area contributed by atoms with Gasteiger partial charge in [-0.3, -0.25) is 4.99 Å². The van der Waals surface area contributed by atoms with E-state index in [2.05, 4.69) is 37.8 Å². The number of hydrogen-bond donors (Lipinski definition) is 2. The van der Waals surface area contributed by atoms with E-state index >= 15 is 0 Å². The van der Waals surface area contributed by atoms with Crippen molar-refractivity contribution >= 4 is 29.9 Å². The molecule has 1 aliphatic rings. The van der Waals surface area contributed by atoms with Crippen molar-refractivity contribution in [1.82, 2.24) is 25.4 Å². The van der Waals surface area contributed by atoms with E-state index in [0.29, 0.717) is 12.6 Å². The molecule has 0 spiro atoms. The first-order valence-corrected chi connectivity index (χ1v) is 9.87. The van der Waals surface area contributed by atoms with Crippen LogP contribution in [0.1, 0.15) is 31.2 Å². The highest BCUT2D eigenvalue weighted by atomic mass is 127. The zero-order chi connectivity index (χ0) is 19.8. The number of nitrogens with zero attached hydrogens (tertiary/aromatic N) is 4. The number of methoxy groups -OCH3 is 1. The fourth-order valence-electron chi connectivity index (χ4n) is 3.39. The average molecular weight is 514 g/mol. The van der Waals surface area contributed by atoms with Crippen molar-refractivity contribution in [2.45, 2.75) is 45.2 Å². The topological polar surface area (TPSA) is 85.6 Å². The van der Waals surface area contributed by atoms with Crippen molar-refractivity contribution in [1.29, 1.82) is 0 Å². The summed E-state index contributed by atoms with van der Waals surface area (Å²) >= 11 is 0. The summed E-state index contributed by atoms with van der Waals surface area (Å²) in [4.78, 5) is 8.61. The Hall–Kier alpha value is -2.04. The number of aromatic nitrogens is 3. The highest BCUT2D eigenvalue weighted by Crippen LogP contribution is 2.28. The minimum Gasteiger partial charge on any atom is -0.493 e. The molecular formula is C20H31IN6O2. The van der Waals surface area contributed by atoms with E-state index in [9.17, 15) is 0 Å². The lowest BCUT2D eigenvalue weighted by molar-refractivity contribution is 0.310. The molecule has 3 rings (SSSR count). The van der Waals surface area contributed by atoms with Gasteiger partial charge < -0.3 is 20.1 Å². The van der Waals surface area contributed by atoms with Crippen LogP contribution in [0.5, 0.6) is 11.5 Å². The molecule has 1 aliphatic heterocycles. The van der Waals surface area contributed by atoms with Crippen LogP contribution in [-0.2, 0) is 19.4 Å². The van der Waals surface area contributed by atoms with Crippen LogP contribution in [0.2, 0.25) is 0 Å². The van der Waals surface area contributed by atoms with Crippen molar-refractivity contribution in [3.63, 3.8) is 0 Å². The normalized spacial score (nSPS) is 15.8. The molecule has 0 fully saturated rings. The summed E-state index contributed by atoms with van der Waals surface area (Å²) in [6.07, 6.45) is 5.55. The van der Waals surface area contributed by atoms with Gasteiger partial charge in [-0.05, 0) is 43.9 Å². The Kier molecular flexibility index (Phi) is 9.49. The van der Waals surface area contributed by atoms with Gasteiger partial charge in [0.1, 0.15) is 12.2 Å². The highest BCUT2D eigenvalue weighted by molar-refractivity contribution is 14.0. The van der Waals surface area contributed by atoms with Gasteiger partial charge in [0.25, 0.3) is 0 Å². The van der Waals surface area contributed by atoms with Gasteiger partial charge in [0.2, 0.25) is 0 Å². The summed E-state index contributed by atoms with van der Waals surface area (Å²) in [7, 11) is 3.47. The second-order valence-electron chi connectivity index (χ2n) is 6.76. The first kappa shape index (κ1) is 23.2. The fraction of sp³-hybridized carbons (Fsp3) is 0.550. The third kappa shape index (κ3) is 6.48. The number of ether oxygens (including phenoxy) is 2. The monoisotopic (exact) mass is 514 g/mol. The summed E-state index contributed by atoms with van der Waals surface area (Å²) in [6, 6.07) is 6.44. The van der Waals surface area contributed by atoms with E-state index < -0.39 is 0 Å². The number of hydrogen-bond acceptors (Lipinski definition) is 5. The molecule has 2 N–H and O–H groups in total. The molecule has 29 heavy (non-hydrogen) atoms. The maximum Gasteiger partial charge on any atom is 0.191 e. The number of guanidine groups is 1. The molecule has 0 saturated heterocycles. The van der Waals surface area contributed by atoms with Crippen LogP contribution in [0.15, 0.2) is 29.5 Å². The van der Waals surface area contributed by atoms with E-state index in [4.69, 9.17) is 9.47 Å². The Bertz CT molecular complexity index is 795. The predicted octanol–water partition coefficient (Wildman–Crippen LogP) is 2.42. The van der Waals surface area contributed by atoms with E-state index in [1.807, 2.05) is 17.7 Å². The number of nitrogens with one attached hydrogen (secondary N) is 2. The number of halogens is 1. The van der Waals surface area contributed by atoms with Gasteiger partial charge in [0, 0.05) is 26.1 Å². The lowest BCUT2D eigenvalue weighted by Crippen LogP contribution is -2.47. The molecule has 1 atom stereocenters. The molecule has 1 aromatic carbocycles. The molecule has 2 aromatic rings. The lowest BCUT2D eigenvalue weighted by atomic mass is 10.1. The van der Waals surface area contributed by atoms with Gasteiger partial charge in [-0.25, -0.2) is 9.67 Å². The molecular weight excluding hydrogens is 483 g/mol. The summed E-state index contributed by atoms with van der Waals surface area (Å²) in [5.74, 6) is 3.47. The average Bonchev–Trinajstić information content (AvgIpc) is 3.18. The smallest absolute Gasteiger partial charge is 0.191 e. The van der Waals surface area contributed by atoms with Gasteiger partial charge in [-0.2, -0.15) is 5.10 Å². The molecule has 8 nitrogen and oxygen atoms in total. The van der Waals surface area contributed by atoms with Crippen LogP contribution in [0.4, 0.5) is 0 Å². The summed E-state index contributed by atoms with van der Waals surface area (Å²) < 4.78 is 13.0. The Morgan fingerprint density at radius 1 is 1.34 bits per heavy atom. The number of aryl methyl sites for hydroxylation is 2. The first-order chi connectivity index (χ1) is 13.7. The Morgan fingerprint density at radius 3 is 2.97 bits per heavy atom. The van der Waals surface area contributed by atoms with Crippen LogP contribution < -0.4 is 20.1 Å². The van der Waals surface area contributed by atoms with Gasteiger partial charge in [0.05, 0.1) is 20.3 Å².